The minimum absolute atomic E-state index is 0.0600. The predicted octanol–water partition coefficient (Wildman–Crippen LogP) is 5.21. The highest BCUT2D eigenvalue weighted by Crippen LogP contribution is 2.41. The van der Waals surface area contributed by atoms with Gasteiger partial charge < -0.3 is 25.1 Å². The van der Waals surface area contributed by atoms with E-state index in [-0.39, 0.29) is 22.9 Å². The van der Waals surface area contributed by atoms with Crippen LogP contribution in [0.1, 0.15) is 24.2 Å². The number of carbonyl (C=O) groups excluding carboxylic acids is 2. The number of non-ortho nitro benzene ring substituents is 1. The normalized spacial score (nSPS) is 14.7. The number of amides is 2. The summed E-state index contributed by atoms with van der Waals surface area (Å²) >= 11 is 1.10. The van der Waals surface area contributed by atoms with Gasteiger partial charge in [0.1, 0.15) is 11.5 Å². The van der Waals surface area contributed by atoms with Gasteiger partial charge in [0.05, 0.1) is 52.2 Å². The number of allylic oxidation sites excluding steroid dienone is 2. The van der Waals surface area contributed by atoms with Gasteiger partial charge in [-0.3, -0.25) is 19.7 Å². The maximum atomic E-state index is 13.4. The number of nitro benzene ring substituents is 1. The lowest BCUT2D eigenvalue weighted by molar-refractivity contribution is -0.384. The first-order valence-corrected chi connectivity index (χ1v) is 13.0. The highest BCUT2D eigenvalue weighted by Gasteiger charge is 2.36. The number of methoxy groups -OCH3 is 1. The molecule has 11 nitrogen and oxygen atoms in total. The lowest BCUT2D eigenvalue weighted by atomic mass is 9.85. The van der Waals surface area contributed by atoms with Gasteiger partial charge in [-0.05, 0) is 61.9 Å². The van der Waals surface area contributed by atoms with Gasteiger partial charge in [0.15, 0.2) is 0 Å². The van der Waals surface area contributed by atoms with Crippen molar-refractivity contribution in [1.82, 2.24) is 5.32 Å². The number of thioether (sulfide) groups is 1. The number of aryl methyl sites for hydroxylation is 1. The molecule has 1 aliphatic rings. The maximum Gasteiger partial charge on any atom is 0.269 e. The number of carbonyl (C=O) groups is 2. The van der Waals surface area contributed by atoms with Crippen molar-refractivity contribution in [3.8, 4) is 11.8 Å². The van der Waals surface area contributed by atoms with E-state index in [1.54, 1.807) is 57.4 Å². The van der Waals surface area contributed by atoms with Crippen molar-refractivity contribution in [3.05, 3.63) is 104 Å². The van der Waals surface area contributed by atoms with E-state index in [2.05, 4.69) is 22.0 Å². The van der Waals surface area contributed by atoms with Crippen LogP contribution < -0.4 is 20.7 Å². The maximum absolute atomic E-state index is 13.4. The summed E-state index contributed by atoms with van der Waals surface area (Å²) < 4.78 is 10.8. The average Bonchev–Trinajstić information content (AvgIpc) is 3.47. The SMILES string of the molecule is COc1ccc(NC(=O)C2=C(C)NC(SCC(=O)Nc3ccc([N+](=O)[O-])cc3C)=C(C#N)[C@@H]2c2ccco2)cc1. The summed E-state index contributed by atoms with van der Waals surface area (Å²) in [6.07, 6.45) is 1.47. The second-order valence-corrected chi connectivity index (χ2v) is 9.73. The Hall–Kier alpha value is -5.02. The van der Waals surface area contributed by atoms with E-state index >= 15 is 0 Å². The molecule has 0 bridgehead atoms. The van der Waals surface area contributed by atoms with Crippen LogP contribution in [-0.2, 0) is 9.59 Å². The van der Waals surface area contributed by atoms with Crippen LogP contribution in [0.15, 0.2) is 87.1 Å². The third-order valence-electron chi connectivity index (χ3n) is 6.11. The Labute approximate surface area is 234 Å². The number of ether oxygens (including phenoxy) is 1. The monoisotopic (exact) mass is 559 g/mol. The molecule has 1 aromatic heterocycles. The fraction of sp³-hybridized carbons (Fsp3) is 0.179. The molecule has 4 rings (SSSR count). The fourth-order valence-electron chi connectivity index (χ4n) is 4.17. The molecule has 0 spiro atoms. The first kappa shape index (κ1) is 28.0. The van der Waals surface area contributed by atoms with Crippen molar-refractivity contribution >= 4 is 40.6 Å². The molecule has 3 aromatic rings. The van der Waals surface area contributed by atoms with Gasteiger partial charge in [0.25, 0.3) is 11.6 Å². The lowest BCUT2D eigenvalue weighted by Gasteiger charge is -2.28. The number of nitrogens with zero attached hydrogens (tertiary/aromatic N) is 2. The molecule has 1 atom stereocenters. The topological polar surface area (TPSA) is 160 Å². The summed E-state index contributed by atoms with van der Waals surface area (Å²) in [6, 6.07) is 16.6. The van der Waals surface area contributed by atoms with E-state index < -0.39 is 16.7 Å². The Bertz CT molecular complexity index is 1550. The van der Waals surface area contributed by atoms with E-state index in [9.17, 15) is 25.0 Å². The van der Waals surface area contributed by atoms with Crippen molar-refractivity contribution in [3.63, 3.8) is 0 Å². The molecule has 2 heterocycles. The number of hydrogen-bond donors (Lipinski definition) is 3. The van der Waals surface area contributed by atoms with Crippen molar-refractivity contribution in [1.29, 1.82) is 5.26 Å². The summed E-state index contributed by atoms with van der Waals surface area (Å²) in [4.78, 5) is 36.7. The zero-order chi connectivity index (χ0) is 28.8. The number of nitrogens with one attached hydrogen (secondary N) is 3. The molecule has 0 unspecified atom stereocenters. The number of nitro groups is 1. The smallest absolute Gasteiger partial charge is 0.269 e. The van der Waals surface area contributed by atoms with Crippen LogP contribution in [-0.4, -0.2) is 29.6 Å². The molecule has 1 aliphatic heterocycles. The van der Waals surface area contributed by atoms with Gasteiger partial charge >= 0.3 is 0 Å². The van der Waals surface area contributed by atoms with Crippen LogP contribution >= 0.6 is 11.8 Å². The molecule has 2 aromatic carbocycles. The molecule has 3 N–H and O–H groups in total. The predicted molar refractivity (Wildman–Crippen MR) is 150 cm³/mol. The van der Waals surface area contributed by atoms with Crippen LogP contribution in [0.4, 0.5) is 17.1 Å². The molecule has 0 fully saturated rings. The zero-order valence-corrected chi connectivity index (χ0v) is 22.6. The number of hydrogen-bond acceptors (Lipinski definition) is 9. The summed E-state index contributed by atoms with van der Waals surface area (Å²) in [5.41, 5.74) is 2.50. The second-order valence-electron chi connectivity index (χ2n) is 8.74. The average molecular weight is 560 g/mol. The van der Waals surface area contributed by atoms with Gasteiger partial charge in [-0.25, -0.2) is 0 Å². The Morgan fingerprint density at radius 2 is 1.93 bits per heavy atom. The van der Waals surface area contributed by atoms with E-state index in [0.29, 0.717) is 44.7 Å². The molecule has 0 saturated heterocycles. The van der Waals surface area contributed by atoms with Gasteiger partial charge in [0, 0.05) is 29.2 Å². The zero-order valence-electron chi connectivity index (χ0n) is 21.8. The number of benzene rings is 2. The first-order chi connectivity index (χ1) is 19.2. The fourth-order valence-corrected chi connectivity index (χ4v) is 5.06. The van der Waals surface area contributed by atoms with Crippen LogP contribution in [0.5, 0.6) is 5.75 Å². The highest BCUT2D eigenvalue weighted by atomic mass is 32.2. The summed E-state index contributed by atoms with van der Waals surface area (Å²) in [5, 5.41) is 30.3. The number of nitriles is 1. The molecule has 12 heteroatoms. The first-order valence-electron chi connectivity index (χ1n) is 12.0. The lowest BCUT2D eigenvalue weighted by Crippen LogP contribution is -2.31. The van der Waals surface area contributed by atoms with Gasteiger partial charge in [-0.2, -0.15) is 5.26 Å². The van der Waals surface area contributed by atoms with Crippen molar-refractivity contribution in [2.24, 2.45) is 0 Å². The van der Waals surface area contributed by atoms with Crippen molar-refractivity contribution in [2.75, 3.05) is 23.5 Å². The van der Waals surface area contributed by atoms with Crippen LogP contribution in [0.3, 0.4) is 0 Å². The number of rotatable bonds is 9. The minimum Gasteiger partial charge on any atom is -0.497 e. The van der Waals surface area contributed by atoms with Crippen LogP contribution in [0.2, 0.25) is 0 Å². The third kappa shape index (κ3) is 6.16. The standard InChI is InChI=1S/C28H25N5O6S/c1-16-13-19(33(36)37)8-11-22(16)32-24(34)15-40-28-21(14-29)26(23-5-4-12-39-23)25(17(2)30-28)27(35)31-18-6-9-20(38-3)10-7-18/h4-13,26,30H,15H2,1-3H3,(H,31,35)(H,32,34)/t26-/m1/s1. The molecule has 0 saturated carbocycles. The van der Waals surface area contributed by atoms with Gasteiger partial charge in [0.2, 0.25) is 5.91 Å². The molecular weight excluding hydrogens is 534 g/mol. The van der Waals surface area contributed by atoms with Crippen LogP contribution in [0, 0.1) is 28.4 Å². The second kappa shape index (κ2) is 12.2. The molecule has 40 heavy (non-hydrogen) atoms. The van der Waals surface area contributed by atoms with E-state index in [0.717, 1.165) is 11.8 Å². The largest absolute Gasteiger partial charge is 0.497 e. The Morgan fingerprint density at radius 3 is 2.52 bits per heavy atom. The number of anilines is 2. The van der Waals surface area contributed by atoms with E-state index in [4.69, 9.17) is 9.15 Å². The molecule has 0 aliphatic carbocycles. The van der Waals surface area contributed by atoms with Gasteiger partial charge in [-0.1, -0.05) is 11.8 Å². The molecular formula is C28H25N5O6S. The summed E-state index contributed by atoms with van der Waals surface area (Å²) in [7, 11) is 1.55. The number of dihydropyridines is 1. The highest BCUT2D eigenvalue weighted by molar-refractivity contribution is 8.03. The number of furan rings is 1. The molecule has 0 radical (unpaired) electrons. The van der Waals surface area contributed by atoms with Crippen LogP contribution in [0.25, 0.3) is 0 Å². The van der Waals surface area contributed by atoms with Crippen molar-refractivity contribution in [2.45, 2.75) is 19.8 Å². The molecule has 204 valence electrons. The third-order valence-corrected chi connectivity index (χ3v) is 7.13. The summed E-state index contributed by atoms with van der Waals surface area (Å²) in [5.74, 6) is -0.601. The van der Waals surface area contributed by atoms with E-state index in [1.165, 1.54) is 24.5 Å². The molecule has 2 amide bonds. The van der Waals surface area contributed by atoms with Crippen molar-refractivity contribution < 1.29 is 23.7 Å². The Balaban J connectivity index is 1.55. The Kier molecular flexibility index (Phi) is 8.56. The van der Waals surface area contributed by atoms with E-state index in [1.807, 2.05) is 0 Å². The van der Waals surface area contributed by atoms with Gasteiger partial charge in [-0.15, -0.1) is 0 Å². The summed E-state index contributed by atoms with van der Waals surface area (Å²) in [6.45, 7) is 3.38. The Morgan fingerprint density at radius 1 is 1.18 bits per heavy atom. The quantitative estimate of drug-likeness (QED) is 0.236. The minimum atomic E-state index is -0.804.